The van der Waals surface area contributed by atoms with Crippen molar-refractivity contribution >= 4 is 87.2 Å². The lowest BCUT2D eigenvalue weighted by Crippen LogP contribution is -2.06. The fraction of sp³-hybridized carbons (Fsp3) is 0. The summed E-state index contributed by atoms with van der Waals surface area (Å²) in [5.41, 5.74) is 18.3. The molecule has 10 heteroatoms. The van der Waals surface area contributed by atoms with Gasteiger partial charge in [0.2, 0.25) is 5.95 Å². The van der Waals surface area contributed by atoms with Crippen molar-refractivity contribution in [3.63, 3.8) is 0 Å². The van der Waals surface area contributed by atoms with Crippen LogP contribution in [0.2, 0.25) is 0 Å². The van der Waals surface area contributed by atoms with Crippen LogP contribution < -0.4 is 0 Å². The largest absolute Gasteiger partial charge is 0.309 e. The van der Waals surface area contributed by atoms with E-state index in [2.05, 4.69) is 255 Å². The maximum Gasteiger partial charge on any atom is 0.238 e. The standard InChI is InChI=1S/C84H52N10/c1-5-25-53(26-6-1)79-86-82(88-83(87-79)64-38-18-24-44-72(64)93-70-42-22-16-36-62(70)78-76(93)50-49-75-77(78)61-35-15-21-41-69(61)91(75)58-31-11-4-12-32-58)63-37-17-23-43-71(63)92-67-39-19-13-33-59(67)65-51-56(45-47-73(65)92)57-46-48-74-66(52-57)60-34-14-20-40-68(60)94(74)84-89-80(54-27-7-2-8-28-54)85-81(90-84)55-29-9-3-10-30-55/h1-52H. The highest BCUT2D eigenvalue weighted by Crippen LogP contribution is 2.45. The molecule has 0 spiro atoms. The monoisotopic (exact) mass is 1200 g/mol. The molecule has 0 amide bonds. The maximum absolute atomic E-state index is 5.58. The van der Waals surface area contributed by atoms with E-state index < -0.39 is 0 Å². The number of hydrogen-bond donors (Lipinski definition) is 0. The van der Waals surface area contributed by atoms with E-state index in [1.54, 1.807) is 0 Å². The molecule has 6 heterocycles. The quantitative estimate of drug-likeness (QED) is 0.135. The Morgan fingerprint density at radius 3 is 1.01 bits per heavy atom. The van der Waals surface area contributed by atoms with Gasteiger partial charge in [-0.3, -0.25) is 4.57 Å². The highest BCUT2D eigenvalue weighted by Gasteiger charge is 2.26. The first-order chi connectivity index (χ1) is 46.6. The van der Waals surface area contributed by atoms with Crippen molar-refractivity contribution in [3.8, 4) is 91.1 Å². The van der Waals surface area contributed by atoms with Crippen LogP contribution in [0.15, 0.2) is 315 Å². The molecule has 94 heavy (non-hydrogen) atoms. The van der Waals surface area contributed by atoms with Gasteiger partial charge in [0, 0.05) is 76.6 Å². The second kappa shape index (κ2) is 21.4. The average Bonchev–Trinajstić information content (AvgIpc) is 1.55. The first-order valence-electron chi connectivity index (χ1n) is 31.6. The van der Waals surface area contributed by atoms with Crippen LogP contribution in [-0.2, 0) is 0 Å². The van der Waals surface area contributed by atoms with Gasteiger partial charge in [0.1, 0.15) is 0 Å². The van der Waals surface area contributed by atoms with Crippen molar-refractivity contribution < 1.29 is 0 Å². The molecule has 0 aliphatic carbocycles. The van der Waals surface area contributed by atoms with Crippen molar-refractivity contribution in [1.82, 2.24) is 48.2 Å². The molecule has 19 rings (SSSR count). The van der Waals surface area contributed by atoms with Gasteiger partial charge in [0.15, 0.2) is 29.1 Å². The summed E-state index contributed by atoms with van der Waals surface area (Å²) in [5, 5.41) is 9.24. The van der Waals surface area contributed by atoms with Gasteiger partial charge in [0.05, 0.1) is 55.5 Å². The molecule has 0 saturated carbocycles. The van der Waals surface area contributed by atoms with Crippen LogP contribution in [0.1, 0.15) is 0 Å². The molecule has 19 aromatic rings. The van der Waals surface area contributed by atoms with Gasteiger partial charge in [-0.05, 0) is 108 Å². The summed E-state index contributed by atoms with van der Waals surface area (Å²) in [6, 6.07) is 111. The lowest BCUT2D eigenvalue weighted by atomic mass is 10.0. The summed E-state index contributed by atoms with van der Waals surface area (Å²) in [6.45, 7) is 0. The number of hydrogen-bond acceptors (Lipinski definition) is 6. The van der Waals surface area contributed by atoms with E-state index in [-0.39, 0.29) is 0 Å². The first-order valence-corrected chi connectivity index (χ1v) is 31.6. The second-order valence-electron chi connectivity index (χ2n) is 23.8. The third-order valence-corrected chi connectivity index (χ3v) is 18.5. The van der Waals surface area contributed by atoms with Gasteiger partial charge in [-0.1, -0.05) is 218 Å². The van der Waals surface area contributed by atoms with E-state index in [9.17, 15) is 0 Å². The molecule has 13 aromatic carbocycles. The van der Waals surface area contributed by atoms with Crippen molar-refractivity contribution in [2.75, 3.05) is 0 Å². The van der Waals surface area contributed by atoms with E-state index in [4.69, 9.17) is 29.9 Å². The summed E-state index contributed by atoms with van der Waals surface area (Å²) < 4.78 is 9.34. The zero-order chi connectivity index (χ0) is 61.8. The van der Waals surface area contributed by atoms with Crippen LogP contribution in [0.4, 0.5) is 0 Å². The number of fused-ring (bicyclic) bond motifs is 13. The van der Waals surface area contributed by atoms with Gasteiger partial charge < -0.3 is 13.7 Å². The third kappa shape index (κ3) is 8.36. The summed E-state index contributed by atoms with van der Waals surface area (Å²) >= 11 is 0. The Balaban J connectivity index is 0.758. The molecule has 0 N–H and O–H groups in total. The molecule has 0 fully saturated rings. The summed E-state index contributed by atoms with van der Waals surface area (Å²) in [6.07, 6.45) is 0. The lowest BCUT2D eigenvalue weighted by molar-refractivity contribution is 0.953. The minimum atomic E-state index is 0.557. The van der Waals surface area contributed by atoms with Gasteiger partial charge in [-0.25, -0.2) is 19.9 Å². The predicted molar refractivity (Wildman–Crippen MR) is 383 cm³/mol. The van der Waals surface area contributed by atoms with Gasteiger partial charge in [-0.2, -0.15) is 9.97 Å². The number of aromatic nitrogens is 10. The Labute approximate surface area is 538 Å². The Morgan fingerprint density at radius 1 is 0.191 bits per heavy atom. The predicted octanol–water partition coefficient (Wildman–Crippen LogP) is 20.4. The van der Waals surface area contributed by atoms with Gasteiger partial charge >= 0.3 is 0 Å². The Bertz CT molecular complexity index is 6170. The summed E-state index contributed by atoms with van der Waals surface area (Å²) in [4.78, 5) is 31.8. The number of benzene rings is 13. The Kier molecular flexibility index (Phi) is 12.0. The van der Waals surface area contributed by atoms with E-state index >= 15 is 0 Å². The number of nitrogens with zero attached hydrogens (tertiary/aromatic N) is 10. The zero-order valence-electron chi connectivity index (χ0n) is 50.5. The van der Waals surface area contributed by atoms with E-state index in [1.165, 1.54) is 21.5 Å². The Hall–Kier alpha value is -12.9. The molecule has 0 saturated heterocycles. The zero-order valence-corrected chi connectivity index (χ0v) is 50.5. The molecule has 438 valence electrons. The fourth-order valence-electron chi connectivity index (χ4n) is 14.4. The highest BCUT2D eigenvalue weighted by molar-refractivity contribution is 6.29. The summed E-state index contributed by atoms with van der Waals surface area (Å²) in [5.74, 6) is 3.49. The number of para-hydroxylation sites is 7. The first kappa shape index (κ1) is 53.0. The maximum atomic E-state index is 5.58. The molecule has 0 aliphatic heterocycles. The van der Waals surface area contributed by atoms with Crippen molar-refractivity contribution in [2.45, 2.75) is 0 Å². The van der Waals surface area contributed by atoms with Crippen LogP contribution in [0, 0.1) is 0 Å². The fourth-order valence-corrected chi connectivity index (χ4v) is 14.4. The molecule has 10 nitrogen and oxygen atoms in total. The smallest absolute Gasteiger partial charge is 0.238 e. The van der Waals surface area contributed by atoms with Crippen molar-refractivity contribution in [3.05, 3.63) is 315 Å². The second-order valence-corrected chi connectivity index (χ2v) is 23.8. The van der Waals surface area contributed by atoms with E-state index in [1.807, 2.05) is 78.9 Å². The SMILES string of the molecule is c1ccc(-c2nc(-c3ccccc3-n3c4ccccc4c4cc(-c5ccc6c(c5)c5ccccc5n6-c5nc(-c6ccccc6)nc(-c6ccccc6)n5)ccc43)nc(-c3ccccc3-n3c4ccccc4c4c5c6ccccc6n(-c6ccccc6)c5ccc43)n2)cc1. The number of rotatable bonds is 10. The minimum Gasteiger partial charge on any atom is -0.309 e. The van der Waals surface area contributed by atoms with Crippen LogP contribution in [0.25, 0.3) is 178 Å². The molecule has 0 bridgehead atoms. The summed E-state index contributed by atoms with van der Waals surface area (Å²) in [7, 11) is 0. The normalized spacial score (nSPS) is 11.8. The van der Waals surface area contributed by atoms with Crippen LogP contribution in [0.3, 0.4) is 0 Å². The van der Waals surface area contributed by atoms with Gasteiger partial charge in [-0.15, -0.1) is 0 Å². The molecule has 0 unspecified atom stereocenters. The highest BCUT2D eigenvalue weighted by atomic mass is 15.2. The van der Waals surface area contributed by atoms with Crippen LogP contribution in [-0.4, -0.2) is 48.2 Å². The van der Waals surface area contributed by atoms with E-state index in [0.717, 1.165) is 122 Å². The van der Waals surface area contributed by atoms with E-state index in [0.29, 0.717) is 35.1 Å². The minimum absolute atomic E-state index is 0.557. The molecular weight excluding hydrogens is 1150 g/mol. The van der Waals surface area contributed by atoms with Crippen LogP contribution >= 0.6 is 0 Å². The lowest BCUT2D eigenvalue weighted by Gasteiger charge is -2.16. The average molecular weight is 1200 g/mol. The Morgan fingerprint density at radius 2 is 0.511 bits per heavy atom. The molecule has 0 aliphatic rings. The van der Waals surface area contributed by atoms with Gasteiger partial charge in [0.25, 0.3) is 0 Å². The van der Waals surface area contributed by atoms with Crippen molar-refractivity contribution in [1.29, 1.82) is 0 Å². The molecule has 6 aromatic heterocycles. The van der Waals surface area contributed by atoms with Crippen molar-refractivity contribution in [2.24, 2.45) is 0 Å². The molecular formula is C84H52N10. The third-order valence-electron chi connectivity index (χ3n) is 18.5. The van der Waals surface area contributed by atoms with Crippen LogP contribution in [0.5, 0.6) is 0 Å². The molecule has 0 radical (unpaired) electrons. The topological polar surface area (TPSA) is 97.1 Å². The molecule has 0 atom stereocenters.